The normalized spacial score (nSPS) is 10.0. The van der Waals surface area contributed by atoms with E-state index in [9.17, 15) is 9.59 Å². The first-order valence-corrected chi connectivity index (χ1v) is 7.96. The molecule has 0 heterocycles. The van der Waals surface area contributed by atoms with Gasteiger partial charge in [0.05, 0.1) is 24.4 Å². The summed E-state index contributed by atoms with van der Waals surface area (Å²) >= 11 is 6.01. The predicted molar refractivity (Wildman–Crippen MR) is 97.3 cm³/mol. The molecule has 0 spiro atoms. The van der Waals surface area contributed by atoms with Crippen molar-refractivity contribution in [2.24, 2.45) is 0 Å². The summed E-state index contributed by atoms with van der Waals surface area (Å²) in [5.74, 6) is -0.108. The monoisotopic (exact) mass is 362 g/mol. The Hall–Kier alpha value is -2.73. The summed E-state index contributed by atoms with van der Waals surface area (Å²) in [5, 5.41) is 6.28. The number of halogens is 1. The first-order chi connectivity index (χ1) is 12.0. The van der Waals surface area contributed by atoms with Crippen LogP contribution in [0.5, 0.6) is 5.75 Å². The van der Waals surface area contributed by atoms with E-state index in [0.29, 0.717) is 16.5 Å². The molecule has 25 heavy (non-hydrogen) atoms. The summed E-state index contributed by atoms with van der Waals surface area (Å²) in [5.41, 5.74) is 2.24. The molecule has 7 heteroatoms. The number of amides is 1. The van der Waals surface area contributed by atoms with Crippen LogP contribution in [0.25, 0.3) is 0 Å². The van der Waals surface area contributed by atoms with Crippen LogP contribution in [0.4, 0.5) is 11.4 Å². The van der Waals surface area contributed by atoms with Crippen LogP contribution in [0.3, 0.4) is 0 Å². The number of benzene rings is 2. The molecule has 6 nitrogen and oxygen atoms in total. The van der Waals surface area contributed by atoms with Crippen molar-refractivity contribution < 1.29 is 19.1 Å². The number of aryl methyl sites for hydroxylation is 1. The van der Waals surface area contributed by atoms with Gasteiger partial charge in [-0.2, -0.15) is 0 Å². The number of para-hydroxylation sites is 1. The number of anilines is 2. The summed E-state index contributed by atoms with van der Waals surface area (Å²) in [6.45, 7) is 1.82. The molecule has 0 atom stereocenters. The highest BCUT2D eigenvalue weighted by atomic mass is 35.5. The smallest absolute Gasteiger partial charge is 0.343 e. The number of rotatable bonds is 7. The third kappa shape index (κ3) is 5.69. The first-order valence-electron chi connectivity index (χ1n) is 7.58. The lowest BCUT2D eigenvalue weighted by atomic mass is 10.2. The molecular formula is C18H19ClN2O4. The summed E-state index contributed by atoms with van der Waals surface area (Å²) in [4.78, 5) is 23.1. The van der Waals surface area contributed by atoms with Crippen molar-refractivity contribution in [3.8, 4) is 5.75 Å². The van der Waals surface area contributed by atoms with E-state index in [4.69, 9.17) is 16.3 Å². The van der Waals surface area contributed by atoms with E-state index < -0.39 is 5.97 Å². The zero-order valence-electron chi connectivity index (χ0n) is 14.0. The van der Waals surface area contributed by atoms with Gasteiger partial charge in [0, 0.05) is 5.69 Å². The van der Waals surface area contributed by atoms with E-state index in [0.717, 1.165) is 11.3 Å². The molecule has 1 amide bonds. The SMILES string of the molecule is COC(=O)COc1ccc(NCC(=O)Nc2ccccc2Cl)c(C)c1. The van der Waals surface area contributed by atoms with Crippen molar-refractivity contribution in [1.29, 1.82) is 0 Å². The fraction of sp³-hybridized carbons (Fsp3) is 0.222. The van der Waals surface area contributed by atoms with Gasteiger partial charge in [0.15, 0.2) is 6.61 Å². The fourth-order valence-corrected chi connectivity index (χ4v) is 2.24. The van der Waals surface area contributed by atoms with E-state index in [2.05, 4.69) is 15.4 Å². The van der Waals surface area contributed by atoms with Gasteiger partial charge in [0.2, 0.25) is 5.91 Å². The second-order valence-corrected chi connectivity index (χ2v) is 5.63. The molecule has 0 bridgehead atoms. The molecular weight excluding hydrogens is 344 g/mol. The van der Waals surface area contributed by atoms with Crippen LogP contribution in [-0.2, 0) is 14.3 Å². The average molecular weight is 363 g/mol. The molecule has 0 saturated heterocycles. The Morgan fingerprint density at radius 2 is 1.88 bits per heavy atom. The molecule has 0 fully saturated rings. The van der Waals surface area contributed by atoms with Gasteiger partial charge in [-0.1, -0.05) is 23.7 Å². The first kappa shape index (κ1) is 18.6. The van der Waals surface area contributed by atoms with Crippen LogP contribution in [0, 0.1) is 6.92 Å². The number of nitrogens with one attached hydrogen (secondary N) is 2. The zero-order valence-corrected chi connectivity index (χ0v) is 14.7. The van der Waals surface area contributed by atoms with Crippen LogP contribution < -0.4 is 15.4 Å². The Morgan fingerprint density at radius 3 is 2.56 bits per heavy atom. The lowest BCUT2D eigenvalue weighted by molar-refractivity contribution is -0.142. The summed E-state index contributed by atoms with van der Waals surface area (Å²) in [6, 6.07) is 12.3. The maximum absolute atomic E-state index is 12.0. The maximum Gasteiger partial charge on any atom is 0.343 e. The minimum absolute atomic E-state index is 0.0917. The standard InChI is InChI=1S/C18H19ClN2O4/c1-12-9-13(25-11-18(23)24-2)7-8-15(12)20-10-17(22)21-16-6-4-3-5-14(16)19/h3-9,20H,10-11H2,1-2H3,(H,21,22). The highest BCUT2D eigenvalue weighted by Gasteiger charge is 2.08. The maximum atomic E-state index is 12.0. The van der Waals surface area contributed by atoms with E-state index in [1.54, 1.807) is 42.5 Å². The van der Waals surface area contributed by atoms with Crippen molar-refractivity contribution in [3.63, 3.8) is 0 Å². The van der Waals surface area contributed by atoms with Gasteiger partial charge >= 0.3 is 5.97 Å². The second kappa shape index (κ2) is 8.94. The topological polar surface area (TPSA) is 76.7 Å². The minimum atomic E-state index is -0.448. The number of methoxy groups -OCH3 is 1. The van der Waals surface area contributed by atoms with Crippen molar-refractivity contribution >= 4 is 34.9 Å². The molecule has 0 aliphatic carbocycles. The van der Waals surface area contributed by atoms with Crippen molar-refractivity contribution in [3.05, 3.63) is 53.1 Å². The quantitative estimate of drug-likeness (QED) is 0.739. The highest BCUT2D eigenvalue weighted by molar-refractivity contribution is 6.33. The van der Waals surface area contributed by atoms with E-state index in [-0.39, 0.29) is 19.1 Å². The van der Waals surface area contributed by atoms with Crippen LogP contribution >= 0.6 is 11.6 Å². The van der Waals surface area contributed by atoms with Gasteiger partial charge < -0.3 is 20.1 Å². The van der Waals surface area contributed by atoms with Crippen molar-refractivity contribution in [2.75, 3.05) is 30.9 Å². The van der Waals surface area contributed by atoms with Gasteiger partial charge in [0.25, 0.3) is 0 Å². The van der Waals surface area contributed by atoms with Gasteiger partial charge in [-0.25, -0.2) is 4.79 Å². The second-order valence-electron chi connectivity index (χ2n) is 5.22. The number of carbonyl (C=O) groups is 2. The van der Waals surface area contributed by atoms with E-state index >= 15 is 0 Å². The van der Waals surface area contributed by atoms with Gasteiger partial charge in [0.1, 0.15) is 5.75 Å². The Balaban J connectivity index is 1.89. The lowest BCUT2D eigenvalue weighted by Gasteiger charge is -2.12. The van der Waals surface area contributed by atoms with Crippen LogP contribution in [0.2, 0.25) is 5.02 Å². The van der Waals surface area contributed by atoms with E-state index in [1.807, 2.05) is 6.92 Å². The van der Waals surface area contributed by atoms with Gasteiger partial charge in [-0.15, -0.1) is 0 Å². The molecule has 2 N–H and O–H groups in total. The highest BCUT2D eigenvalue weighted by Crippen LogP contribution is 2.22. The molecule has 2 aromatic carbocycles. The van der Waals surface area contributed by atoms with Crippen LogP contribution in [0.15, 0.2) is 42.5 Å². The molecule has 0 saturated carbocycles. The van der Waals surface area contributed by atoms with Gasteiger partial charge in [-0.3, -0.25) is 4.79 Å². The number of ether oxygens (including phenoxy) is 2. The third-order valence-electron chi connectivity index (χ3n) is 3.37. The summed E-state index contributed by atoms with van der Waals surface area (Å²) in [7, 11) is 1.30. The molecule has 0 unspecified atom stereocenters. The molecule has 0 aliphatic heterocycles. The largest absolute Gasteiger partial charge is 0.482 e. The molecule has 0 aromatic heterocycles. The van der Waals surface area contributed by atoms with Gasteiger partial charge in [-0.05, 0) is 42.8 Å². The predicted octanol–water partition coefficient (Wildman–Crippen LogP) is 3.25. The average Bonchev–Trinajstić information content (AvgIpc) is 2.60. The molecule has 2 rings (SSSR count). The Morgan fingerprint density at radius 1 is 1.12 bits per heavy atom. The van der Waals surface area contributed by atoms with E-state index in [1.165, 1.54) is 7.11 Å². The lowest BCUT2D eigenvalue weighted by Crippen LogP contribution is -2.22. The van der Waals surface area contributed by atoms with Crippen molar-refractivity contribution in [1.82, 2.24) is 0 Å². The number of esters is 1. The third-order valence-corrected chi connectivity index (χ3v) is 3.70. The molecule has 0 aliphatic rings. The number of hydrogen-bond donors (Lipinski definition) is 2. The Labute approximate surface area is 151 Å². The number of carbonyl (C=O) groups excluding carboxylic acids is 2. The molecule has 0 radical (unpaired) electrons. The number of hydrogen-bond acceptors (Lipinski definition) is 5. The Bertz CT molecular complexity index is 764. The van der Waals surface area contributed by atoms with Crippen LogP contribution in [0.1, 0.15) is 5.56 Å². The fourth-order valence-electron chi connectivity index (χ4n) is 2.06. The van der Waals surface area contributed by atoms with Crippen LogP contribution in [-0.4, -0.2) is 32.1 Å². The van der Waals surface area contributed by atoms with Crippen molar-refractivity contribution in [2.45, 2.75) is 6.92 Å². The summed E-state index contributed by atoms with van der Waals surface area (Å²) in [6.07, 6.45) is 0. The summed E-state index contributed by atoms with van der Waals surface area (Å²) < 4.78 is 9.83. The zero-order chi connectivity index (χ0) is 18.2. The molecule has 132 valence electrons. The Kier molecular flexibility index (Phi) is 6.65. The molecule has 2 aromatic rings. The minimum Gasteiger partial charge on any atom is -0.482 e.